The van der Waals surface area contributed by atoms with E-state index >= 15 is 0 Å². The largest absolute Gasteiger partial charge is 0.461 e. The lowest BCUT2D eigenvalue weighted by Crippen LogP contribution is -2.28. The van der Waals surface area contributed by atoms with Gasteiger partial charge in [-0.2, -0.15) is 0 Å². The minimum Gasteiger partial charge on any atom is -0.461 e. The summed E-state index contributed by atoms with van der Waals surface area (Å²) in [6.07, 6.45) is 91.1. The Kier molecular flexibility index (Phi) is 55.1. The predicted molar refractivity (Wildman–Crippen MR) is 306 cm³/mol. The highest BCUT2D eigenvalue weighted by Crippen LogP contribution is 2.15. The Morgan fingerprint density at radius 1 is 0.343 bits per heavy atom. The fourth-order valence-corrected chi connectivity index (χ4v) is 7.23. The molecule has 0 fully saturated rings. The number of carbonyl (C=O) groups excluding carboxylic acids is 2. The smallest absolute Gasteiger partial charge is 0.309 e. The van der Waals surface area contributed by atoms with E-state index < -0.39 is 12.1 Å². The molecule has 5 heteroatoms. The van der Waals surface area contributed by atoms with E-state index in [1.165, 1.54) is 89.9 Å². The third-order valence-electron chi connectivity index (χ3n) is 11.4. The molecule has 0 heterocycles. The van der Waals surface area contributed by atoms with Gasteiger partial charge in [0.1, 0.15) is 6.61 Å². The Balaban J connectivity index is 3.56. The Morgan fingerprint density at radius 2 is 0.614 bits per heavy atom. The summed E-state index contributed by atoms with van der Waals surface area (Å²) in [6.45, 7) is 3.81. The van der Waals surface area contributed by atoms with Crippen LogP contribution in [-0.2, 0) is 19.1 Å². The lowest BCUT2D eigenvalue weighted by Gasteiger charge is -2.15. The van der Waals surface area contributed by atoms with Crippen molar-refractivity contribution in [2.75, 3.05) is 13.2 Å². The van der Waals surface area contributed by atoms with Crippen LogP contribution in [0, 0.1) is 0 Å². The zero-order valence-electron chi connectivity index (χ0n) is 44.7. The van der Waals surface area contributed by atoms with Gasteiger partial charge >= 0.3 is 11.9 Å². The fraction of sp³-hybridized carbons (Fsp3) is 0.569. The monoisotopic (exact) mass is 963 g/mol. The van der Waals surface area contributed by atoms with Crippen LogP contribution in [0.4, 0.5) is 0 Å². The highest BCUT2D eigenvalue weighted by atomic mass is 16.6. The topological polar surface area (TPSA) is 72.8 Å². The van der Waals surface area contributed by atoms with E-state index in [1.807, 2.05) is 6.08 Å². The SMILES string of the molecule is CC/C=C\C/C=C\C/C=C\C/C=C\C/C=C\C/C=C\C/C=C\C/C=C\CCCCCCCCCCCCCCCCCCC(=O)OC(CO)COC(=O)C/C=C\C/C=C\C/C=C\C/C=C\C/C=C\CC. The summed E-state index contributed by atoms with van der Waals surface area (Å²) in [5.41, 5.74) is 0. The quantitative estimate of drug-likeness (QED) is 0.0374. The number of hydrogen-bond donors (Lipinski definition) is 1. The lowest BCUT2D eigenvalue weighted by atomic mass is 10.0. The number of carbonyl (C=O) groups is 2. The summed E-state index contributed by atoms with van der Waals surface area (Å²) in [4.78, 5) is 24.4. The van der Waals surface area contributed by atoms with Crippen LogP contribution < -0.4 is 0 Å². The van der Waals surface area contributed by atoms with Crippen molar-refractivity contribution in [2.24, 2.45) is 0 Å². The molecule has 0 aliphatic heterocycles. The minimum absolute atomic E-state index is 0.127. The minimum atomic E-state index is -0.821. The molecule has 0 rings (SSSR count). The van der Waals surface area contributed by atoms with Crippen molar-refractivity contribution < 1.29 is 24.2 Å². The van der Waals surface area contributed by atoms with Crippen molar-refractivity contribution in [3.05, 3.63) is 158 Å². The Hall–Kier alpha value is -4.48. The molecule has 0 amide bonds. The molecule has 0 aliphatic carbocycles. The van der Waals surface area contributed by atoms with Crippen LogP contribution in [-0.4, -0.2) is 36.4 Å². The van der Waals surface area contributed by atoms with Crippen molar-refractivity contribution in [3.63, 3.8) is 0 Å². The highest BCUT2D eigenvalue weighted by Gasteiger charge is 2.15. The van der Waals surface area contributed by atoms with Crippen molar-refractivity contribution >= 4 is 11.9 Å². The molecular weight excluding hydrogens is 861 g/mol. The maximum Gasteiger partial charge on any atom is 0.309 e. The van der Waals surface area contributed by atoms with E-state index in [1.54, 1.807) is 6.08 Å². The second-order valence-electron chi connectivity index (χ2n) is 17.9. The molecule has 392 valence electrons. The molecule has 0 aliphatic rings. The molecule has 70 heavy (non-hydrogen) atoms. The van der Waals surface area contributed by atoms with Crippen LogP contribution in [0.15, 0.2) is 158 Å². The van der Waals surface area contributed by atoms with Gasteiger partial charge in [-0.3, -0.25) is 9.59 Å². The van der Waals surface area contributed by atoms with E-state index in [4.69, 9.17) is 9.47 Å². The first-order valence-electron chi connectivity index (χ1n) is 28.0. The van der Waals surface area contributed by atoms with E-state index in [2.05, 4.69) is 160 Å². The molecule has 1 unspecified atom stereocenters. The first-order chi connectivity index (χ1) is 34.6. The number of aliphatic hydroxyl groups is 1. The molecule has 1 N–H and O–H groups in total. The molecule has 5 nitrogen and oxygen atoms in total. The van der Waals surface area contributed by atoms with Crippen LogP contribution in [0.2, 0.25) is 0 Å². The third kappa shape index (κ3) is 56.1. The standard InChI is InChI=1S/C65H102O5/c1-3-5-7-9-11-13-15-17-19-20-21-22-23-24-25-26-27-28-29-30-31-32-33-34-35-36-37-38-39-40-41-42-43-44-46-48-50-52-54-56-58-60-65(68)70-63(61-66)62-69-64(67)59-57-55-53-51-49-47-45-18-16-14-12-10-8-6-4-2/h5-8,11-14,17-19,21-22,24-25,27-28,30-31,33-34,45,49,51,55,57,63,66H,3-4,9-10,15-16,20,23,26,29,32,35-44,46-48,50,52-54,56,58-62H2,1-2H3/b7-5-,8-6-,13-11-,14-12-,19-17-,22-21-,25-24-,28-27-,31-30-,34-33-,45-18-,51-49-,57-55-. The molecule has 0 aromatic rings. The van der Waals surface area contributed by atoms with Crippen molar-refractivity contribution in [1.82, 2.24) is 0 Å². The van der Waals surface area contributed by atoms with E-state index in [0.29, 0.717) is 6.42 Å². The van der Waals surface area contributed by atoms with E-state index in [-0.39, 0.29) is 25.6 Å². The molecule has 0 aromatic heterocycles. The van der Waals surface area contributed by atoms with Gasteiger partial charge in [-0.25, -0.2) is 0 Å². The summed E-state index contributed by atoms with van der Waals surface area (Å²) in [6, 6.07) is 0. The van der Waals surface area contributed by atoms with Crippen LogP contribution in [0.1, 0.15) is 219 Å². The van der Waals surface area contributed by atoms with Gasteiger partial charge in [0.2, 0.25) is 0 Å². The van der Waals surface area contributed by atoms with Gasteiger partial charge in [-0.15, -0.1) is 0 Å². The first-order valence-corrected chi connectivity index (χ1v) is 28.0. The molecular formula is C65H102O5. The van der Waals surface area contributed by atoms with Crippen molar-refractivity contribution in [3.8, 4) is 0 Å². The molecule has 0 aromatic carbocycles. The van der Waals surface area contributed by atoms with Crippen LogP contribution in [0.25, 0.3) is 0 Å². The second kappa shape index (κ2) is 58.8. The van der Waals surface area contributed by atoms with Crippen LogP contribution in [0.3, 0.4) is 0 Å². The summed E-state index contributed by atoms with van der Waals surface area (Å²) in [7, 11) is 0. The number of esters is 2. The summed E-state index contributed by atoms with van der Waals surface area (Å²) >= 11 is 0. The predicted octanol–water partition coefficient (Wildman–Crippen LogP) is 19.2. The second-order valence-corrected chi connectivity index (χ2v) is 17.9. The van der Waals surface area contributed by atoms with Crippen molar-refractivity contribution in [1.29, 1.82) is 0 Å². The van der Waals surface area contributed by atoms with Gasteiger partial charge in [0.05, 0.1) is 13.0 Å². The zero-order valence-corrected chi connectivity index (χ0v) is 44.7. The van der Waals surface area contributed by atoms with Gasteiger partial charge in [0.15, 0.2) is 6.10 Å². The normalized spacial score (nSPS) is 13.5. The van der Waals surface area contributed by atoms with E-state index in [9.17, 15) is 14.7 Å². The van der Waals surface area contributed by atoms with Crippen molar-refractivity contribution in [2.45, 2.75) is 225 Å². The summed E-state index contributed by atoms with van der Waals surface area (Å²) in [5, 5.41) is 9.61. The van der Waals surface area contributed by atoms with Crippen LogP contribution in [0.5, 0.6) is 0 Å². The molecule has 0 radical (unpaired) electrons. The van der Waals surface area contributed by atoms with Crippen LogP contribution >= 0.6 is 0 Å². The Morgan fingerprint density at radius 3 is 0.929 bits per heavy atom. The average molecular weight is 964 g/mol. The van der Waals surface area contributed by atoms with Gasteiger partial charge in [-0.1, -0.05) is 262 Å². The zero-order chi connectivity index (χ0) is 50.6. The number of allylic oxidation sites excluding steroid dienone is 25. The fourth-order valence-electron chi connectivity index (χ4n) is 7.23. The molecule has 0 saturated carbocycles. The van der Waals surface area contributed by atoms with Gasteiger partial charge in [0, 0.05) is 6.42 Å². The number of aliphatic hydroxyl groups excluding tert-OH is 1. The summed E-state index contributed by atoms with van der Waals surface area (Å²) in [5.74, 6) is -0.746. The maximum absolute atomic E-state index is 12.3. The highest BCUT2D eigenvalue weighted by molar-refractivity contribution is 5.71. The first kappa shape index (κ1) is 65.5. The number of hydrogen-bond acceptors (Lipinski definition) is 5. The van der Waals surface area contributed by atoms with Gasteiger partial charge in [0.25, 0.3) is 0 Å². The molecule has 0 spiro atoms. The van der Waals surface area contributed by atoms with E-state index in [0.717, 1.165) is 103 Å². The average Bonchev–Trinajstić information content (AvgIpc) is 3.36. The number of ether oxygens (including phenoxy) is 2. The van der Waals surface area contributed by atoms with Gasteiger partial charge in [-0.05, 0) is 103 Å². The molecule has 1 atom stereocenters. The third-order valence-corrected chi connectivity index (χ3v) is 11.4. The molecule has 0 bridgehead atoms. The summed E-state index contributed by atoms with van der Waals surface area (Å²) < 4.78 is 10.6. The molecule has 0 saturated heterocycles. The Bertz CT molecular complexity index is 1560. The maximum atomic E-state index is 12.3. The number of unbranched alkanes of at least 4 members (excludes halogenated alkanes) is 16. The Labute approximate surface area is 430 Å². The number of rotatable bonds is 49. The van der Waals surface area contributed by atoms with Gasteiger partial charge < -0.3 is 14.6 Å². The lowest BCUT2D eigenvalue weighted by molar-refractivity contribution is -0.161.